The molecule has 3 aromatic carbocycles. The summed E-state index contributed by atoms with van der Waals surface area (Å²) in [6, 6.07) is 13.9. The fourth-order valence-corrected chi connectivity index (χ4v) is 8.61. The Hall–Kier alpha value is -5.68. The summed E-state index contributed by atoms with van der Waals surface area (Å²) in [5.41, 5.74) is 10.4. The van der Waals surface area contributed by atoms with Crippen molar-refractivity contribution in [3.63, 3.8) is 0 Å². The van der Waals surface area contributed by atoms with E-state index >= 15 is 0 Å². The summed E-state index contributed by atoms with van der Waals surface area (Å²) in [6.07, 6.45) is 1.78. The van der Waals surface area contributed by atoms with Gasteiger partial charge in [-0.1, -0.05) is 24.3 Å². The van der Waals surface area contributed by atoms with Crippen LogP contribution in [0.25, 0.3) is 55.2 Å². The highest BCUT2D eigenvalue weighted by Crippen LogP contribution is 2.35. The first kappa shape index (κ1) is 40.1. The Morgan fingerprint density at radius 1 is 1.08 bits per heavy atom. The van der Waals surface area contributed by atoms with Crippen LogP contribution in [0.5, 0.6) is 0 Å². The number of aromatic amines is 2. The van der Waals surface area contributed by atoms with Gasteiger partial charge >= 0.3 is 6.09 Å². The number of H-pyrrole nitrogens is 2. The summed E-state index contributed by atoms with van der Waals surface area (Å²) >= 11 is 0. The molecule has 0 aliphatic carbocycles. The Labute approximate surface area is 339 Å². The van der Waals surface area contributed by atoms with Gasteiger partial charge in [0.05, 0.1) is 54.6 Å². The number of nitrogens with one attached hydrogen (secondary N) is 3. The zero-order valence-corrected chi connectivity index (χ0v) is 33.3. The number of aliphatic hydroxyl groups excluding tert-OH is 1. The molecule has 0 spiro atoms. The van der Waals surface area contributed by atoms with Gasteiger partial charge in [-0.15, -0.1) is 0 Å². The first-order chi connectivity index (χ1) is 28.5. The van der Waals surface area contributed by atoms with Gasteiger partial charge in [-0.3, -0.25) is 14.5 Å². The second kappa shape index (κ2) is 16.9. The topological polar surface area (TPSA) is 205 Å². The molecule has 6 aromatic rings. The van der Waals surface area contributed by atoms with Crippen LogP contribution >= 0.6 is 0 Å². The fourth-order valence-electron chi connectivity index (χ4n) is 8.61. The van der Waals surface area contributed by atoms with Crippen LogP contribution in [0.3, 0.4) is 0 Å². The molecule has 59 heavy (non-hydrogen) atoms. The molecule has 3 aromatic heterocycles. The number of nitrogens with zero attached hydrogens (tertiary/aromatic N) is 4. The highest BCUT2D eigenvalue weighted by molar-refractivity contribution is 6.09. The van der Waals surface area contributed by atoms with Gasteiger partial charge in [0.25, 0.3) is 0 Å². The van der Waals surface area contributed by atoms with Crippen molar-refractivity contribution in [3.8, 4) is 22.5 Å². The number of alkyl carbamates (subject to hydrolysis) is 1. The number of rotatable bonds is 12. The van der Waals surface area contributed by atoms with Gasteiger partial charge < -0.3 is 44.9 Å². The summed E-state index contributed by atoms with van der Waals surface area (Å²) in [5, 5.41) is 15.6. The Morgan fingerprint density at radius 2 is 1.86 bits per heavy atom. The van der Waals surface area contributed by atoms with Crippen LogP contribution in [0.1, 0.15) is 56.0 Å². The van der Waals surface area contributed by atoms with Crippen molar-refractivity contribution in [2.45, 2.75) is 70.6 Å². The van der Waals surface area contributed by atoms with Crippen molar-refractivity contribution >= 4 is 44.7 Å². The Bertz CT molecular complexity index is 2560. The van der Waals surface area contributed by atoms with Gasteiger partial charge in [0.2, 0.25) is 11.3 Å². The predicted molar refractivity (Wildman–Crippen MR) is 220 cm³/mol. The molecule has 5 heterocycles. The standard InChI is InChI=1S/C43H49FN8O7/c1-23(44)21-51(42(55)39(50-43(56)57-3)25-12-15-58-16-13-25)22-35-46-20-31(48-35)27-6-9-29-26(17-27)8-11-33-37(29)40(54)30-10-7-28(18-34(30)59-33)38-24(2)47-41(49-38)32-5-4-14-52(32)36(53)19-45/h6-11,17-18,20,23,25,32,36,39,53H,4-5,12-16,19,21-22,45H2,1-3H3,(H,46,48)(H,47,49)(H,50,56)/t23-,32+,36?,39+/m1/s1. The van der Waals surface area contributed by atoms with Crippen molar-refractivity contribution in [3.05, 3.63) is 82.3 Å². The molecule has 16 heteroatoms. The molecule has 2 aliphatic rings. The van der Waals surface area contributed by atoms with Gasteiger partial charge in [0, 0.05) is 43.1 Å². The maximum atomic E-state index is 14.5. The van der Waals surface area contributed by atoms with Crippen LogP contribution < -0.4 is 16.5 Å². The summed E-state index contributed by atoms with van der Waals surface area (Å²) in [4.78, 5) is 59.8. The molecule has 2 fully saturated rings. The minimum atomic E-state index is -1.32. The van der Waals surface area contributed by atoms with E-state index in [-0.39, 0.29) is 37.0 Å². The van der Waals surface area contributed by atoms with Gasteiger partial charge in [0.15, 0.2) is 0 Å². The minimum Gasteiger partial charge on any atom is -0.456 e. The SMILES string of the molecule is COC(=O)N[C@H](C(=O)N(Cc1ncc(-c2ccc3c(ccc4oc5cc(-c6nc([C@@H]7CCCN7C(O)CN)[nH]c6C)ccc5c(=O)c43)c2)[nH]1)C[C@@H](C)F)C1CCOCC1. The summed E-state index contributed by atoms with van der Waals surface area (Å²) in [7, 11) is 1.23. The number of aromatic nitrogens is 4. The second-order valence-electron chi connectivity index (χ2n) is 15.5. The van der Waals surface area contributed by atoms with Crippen molar-refractivity contribution in [1.29, 1.82) is 0 Å². The number of imidazole rings is 2. The van der Waals surface area contributed by atoms with Gasteiger partial charge in [-0.2, -0.15) is 0 Å². The first-order valence-electron chi connectivity index (χ1n) is 20.1. The number of carbonyl (C=O) groups excluding carboxylic acids is 2. The lowest BCUT2D eigenvalue weighted by molar-refractivity contribution is -0.137. The van der Waals surface area contributed by atoms with E-state index in [1.165, 1.54) is 18.9 Å². The molecule has 4 atom stereocenters. The van der Waals surface area contributed by atoms with Crippen molar-refractivity contribution in [2.75, 3.05) is 40.0 Å². The minimum absolute atomic E-state index is 0.0113. The number of aliphatic hydroxyl groups is 1. The van der Waals surface area contributed by atoms with E-state index in [1.807, 2.05) is 48.2 Å². The molecular formula is C43H49FN8O7. The summed E-state index contributed by atoms with van der Waals surface area (Å²) in [6.45, 7) is 4.94. The number of benzene rings is 3. The molecular weight excluding hydrogens is 760 g/mol. The fraction of sp³-hybridized carbons (Fsp3) is 0.419. The highest BCUT2D eigenvalue weighted by Gasteiger charge is 2.36. The number of amides is 2. The van der Waals surface area contributed by atoms with E-state index in [0.29, 0.717) is 59.5 Å². The number of carbonyl (C=O) groups is 2. The van der Waals surface area contributed by atoms with Crippen LogP contribution in [0.2, 0.25) is 0 Å². The third-order valence-corrected chi connectivity index (χ3v) is 11.6. The number of alkyl halides is 1. The van der Waals surface area contributed by atoms with Crippen LogP contribution in [0.4, 0.5) is 9.18 Å². The van der Waals surface area contributed by atoms with E-state index in [2.05, 4.69) is 20.3 Å². The normalized spacial score (nSPS) is 18.0. The van der Waals surface area contributed by atoms with Crippen LogP contribution in [0.15, 0.2) is 63.9 Å². The van der Waals surface area contributed by atoms with E-state index in [9.17, 15) is 23.9 Å². The predicted octanol–water partition coefficient (Wildman–Crippen LogP) is 5.44. The van der Waals surface area contributed by atoms with Crippen LogP contribution in [0, 0.1) is 12.8 Å². The largest absolute Gasteiger partial charge is 0.456 e. The number of nitrogens with two attached hydrogens (primary N) is 1. The molecule has 6 N–H and O–H groups in total. The molecule has 0 radical (unpaired) electrons. The first-order valence-corrected chi connectivity index (χ1v) is 20.1. The van der Waals surface area contributed by atoms with Gasteiger partial charge in [-0.05, 0) is 80.5 Å². The van der Waals surface area contributed by atoms with Crippen molar-refractivity contribution < 1.29 is 33.0 Å². The number of hydrogen-bond donors (Lipinski definition) is 5. The number of hydrogen-bond acceptors (Lipinski definition) is 11. The third kappa shape index (κ3) is 8.05. The quantitative estimate of drug-likeness (QED) is 0.0778. The zero-order valence-electron chi connectivity index (χ0n) is 33.3. The van der Waals surface area contributed by atoms with Gasteiger partial charge in [-0.25, -0.2) is 19.2 Å². The molecule has 8 rings (SSSR count). The van der Waals surface area contributed by atoms with Crippen molar-refractivity contribution in [2.24, 2.45) is 11.7 Å². The number of aryl methyl sites for hydroxylation is 1. The zero-order chi connectivity index (χ0) is 41.4. The molecule has 0 bridgehead atoms. The molecule has 2 amide bonds. The van der Waals surface area contributed by atoms with Crippen LogP contribution in [-0.2, 0) is 20.8 Å². The molecule has 310 valence electrons. The number of halogens is 1. The van der Waals surface area contributed by atoms with E-state index < -0.39 is 30.4 Å². The maximum Gasteiger partial charge on any atom is 0.407 e. The third-order valence-electron chi connectivity index (χ3n) is 11.6. The Kier molecular flexibility index (Phi) is 11.5. The summed E-state index contributed by atoms with van der Waals surface area (Å²) < 4.78 is 31.1. The van der Waals surface area contributed by atoms with E-state index in [1.54, 1.807) is 18.3 Å². The lowest BCUT2D eigenvalue weighted by Gasteiger charge is -2.33. The molecule has 1 unspecified atom stereocenters. The lowest BCUT2D eigenvalue weighted by Crippen LogP contribution is -2.54. The van der Waals surface area contributed by atoms with E-state index in [4.69, 9.17) is 24.6 Å². The maximum absolute atomic E-state index is 14.5. The monoisotopic (exact) mass is 808 g/mol. The molecule has 15 nitrogen and oxygen atoms in total. The summed E-state index contributed by atoms with van der Waals surface area (Å²) in [5.74, 6) is 0.590. The second-order valence-corrected chi connectivity index (χ2v) is 15.5. The average molecular weight is 809 g/mol. The van der Waals surface area contributed by atoms with E-state index in [0.717, 1.165) is 58.5 Å². The number of fused-ring (bicyclic) bond motifs is 4. The van der Waals surface area contributed by atoms with Gasteiger partial charge in [0.1, 0.15) is 41.3 Å². The van der Waals surface area contributed by atoms with Crippen LogP contribution in [-0.4, -0.2) is 105 Å². The Morgan fingerprint density at radius 3 is 2.63 bits per heavy atom. The Balaban J connectivity index is 1.05. The highest BCUT2D eigenvalue weighted by atomic mass is 19.1. The number of ether oxygens (including phenoxy) is 2. The smallest absolute Gasteiger partial charge is 0.407 e. The molecule has 0 saturated carbocycles. The average Bonchev–Trinajstić information content (AvgIpc) is 4.02. The molecule has 2 aliphatic heterocycles. The number of methoxy groups -OCH3 is 1. The number of likely N-dealkylation sites (tertiary alicyclic amines) is 1. The molecule has 2 saturated heterocycles. The lowest BCUT2D eigenvalue weighted by atomic mass is 9.90. The van der Waals surface area contributed by atoms with Crippen molar-refractivity contribution in [1.82, 2.24) is 35.1 Å².